The highest BCUT2D eigenvalue weighted by atomic mass is 16.2. The maximum absolute atomic E-state index is 12.6. The maximum atomic E-state index is 12.6. The first kappa shape index (κ1) is 20.2. The van der Waals surface area contributed by atoms with Crippen molar-refractivity contribution in [3.8, 4) is 6.07 Å². The van der Waals surface area contributed by atoms with Gasteiger partial charge in [-0.1, -0.05) is 37.5 Å². The number of nitrogens with one attached hydrogen (secondary N) is 1. The second-order valence-corrected chi connectivity index (χ2v) is 8.12. The second kappa shape index (κ2) is 8.64. The summed E-state index contributed by atoms with van der Waals surface area (Å²) in [4.78, 5) is 26.8. The number of amides is 2. The Hall–Kier alpha value is -2.55. The van der Waals surface area contributed by atoms with Gasteiger partial charge in [0.05, 0.1) is 12.5 Å². The third-order valence-electron chi connectivity index (χ3n) is 6.33. The number of carbonyl (C=O) groups is 2. The van der Waals surface area contributed by atoms with E-state index in [1.165, 1.54) is 6.42 Å². The quantitative estimate of drug-likeness (QED) is 0.791. The molecule has 0 atom stereocenters. The molecule has 0 spiro atoms. The minimum atomic E-state index is -0.856. The zero-order valence-electron chi connectivity index (χ0n) is 16.3. The Labute approximate surface area is 167 Å². The Kier molecular flexibility index (Phi) is 6.23. The van der Waals surface area contributed by atoms with E-state index in [1.807, 2.05) is 18.2 Å². The Morgan fingerprint density at radius 3 is 2.32 bits per heavy atom. The van der Waals surface area contributed by atoms with Crippen LogP contribution >= 0.6 is 0 Å². The van der Waals surface area contributed by atoms with Crippen molar-refractivity contribution in [2.45, 2.75) is 56.9 Å². The lowest BCUT2D eigenvalue weighted by Gasteiger charge is -2.39. The van der Waals surface area contributed by atoms with Crippen LogP contribution in [0.1, 0.15) is 51.4 Å². The molecule has 0 unspecified atom stereocenters. The smallest absolute Gasteiger partial charge is 0.225 e. The highest BCUT2D eigenvalue weighted by Gasteiger charge is 2.40. The number of nitrogens with zero attached hydrogens (tertiary/aromatic N) is 2. The lowest BCUT2D eigenvalue weighted by Crippen LogP contribution is -2.55. The van der Waals surface area contributed by atoms with Crippen LogP contribution in [-0.4, -0.2) is 30.4 Å². The number of nitriles is 1. The van der Waals surface area contributed by atoms with Gasteiger partial charge in [0.15, 0.2) is 0 Å². The van der Waals surface area contributed by atoms with Crippen LogP contribution in [0.25, 0.3) is 0 Å². The summed E-state index contributed by atoms with van der Waals surface area (Å²) in [5.74, 6) is -0.594. The molecule has 2 fully saturated rings. The van der Waals surface area contributed by atoms with Gasteiger partial charge in [-0.15, -0.1) is 0 Å². The zero-order valence-corrected chi connectivity index (χ0v) is 16.3. The van der Waals surface area contributed by atoms with E-state index in [9.17, 15) is 14.9 Å². The maximum Gasteiger partial charge on any atom is 0.225 e. The number of hydrogen-bond donors (Lipinski definition) is 2. The largest absolute Gasteiger partial charge is 0.371 e. The molecule has 1 heterocycles. The fraction of sp³-hybridized carbons (Fsp3) is 0.545. The Balaban J connectivity index is 1.55. The van der Waals surface area contributed by atoms with E-state index in [1.54, 1.807) is 0 Å². The predicted molar refractivity (Wildman–Crippen MR) is 108 cm³/mol. The van der Waals surface area contributed by atoms with Crippen molar-refractivity contribution in [1.29, 1.82) is 5.26 Å². The summed E-state index contributed by atoms with van der Waals surface area (Å²) in [5.41, 5.74) is 5.32. The van der Waals surface area contributed by atoms with Crippen LogP contribution in [0.5, 0.6) is 0 Å². The summed E-state index contributed by atoms with van der Waals surface area (Å²) in [6.45, 7) is 1.42. The van der Waals surface area contributed by atoms with E-state index in [2.05, 4.69) is 28.4 Å². The van der Waals surface area contributed by atoms with Crippen LogP contribution in [0, 0.1) is 23.2 Å². The van der Waals surface area contributed by atoms with Crippen molar-refractivity contribution in [2.24, 2.45) is 11.1 Å². The fourth-order valence-electron chi connectivity index (χ4n) is 4.40. The molecule has 1 aliphatic carbocycles. The molecule has 0 bridgehead atoms. The Morgan fingerprint density at radius 1 is 1.11 bits per heavy atom. The SMILES string of the molecule is N#CC1(NC(=O)[CH]CC2(C(N)=O)CCCCC2)CCN(c2ccccc2)CC1. The highest BCUT2D eigenvalue weighted by Crippen LogP contribution is 2.39. The van der Waals surface area contributed by atoms with E-state index in [-0.39, 0.29) is 11.8 Å². The second-order valence-electron chi connectivity index (χ2n) is 8.12. The van der Waals surface area contributed by atoms with Crippen LogP contribution in [0.3, 0.4) is 0 Å². The molecule has 3 N–H and O–H groups in total. The van der Waals surface area contributed by atoms with Crippen LogP contribution in [0.4, 0.5) is 5.69 Å². The summed E-state index contributed by atoms with van der Waals surface area (Å²) in [7, 11) is 0. The third-order valence-corrected chi connectivity index (χ3v) is 6.33. The van der Waals surface area contributed by atoms with Crippen molar-refractivity contribution in [3.05, 3.63) is 36.8 Å². The van der Waals surface area contributed by atoms with Crippen LogP contribution in [0.2, 0.25) is 0 Å². The van der Waals surface area contributed by atoms with E-state index < -0.39 is 11.0 Å². The Bertz CT molecular complexity index is 727. The first-order valence-electron chi connectivity index (χ1n) is 10.2. The van der Waals surface area contributed by atoms with Crippen molar-refractivity contribution >= 4 is 17.5 Å². The standard InChI is InChI=1S/C22H29N4O2/c23-17-22(13-15-26(16-14-22)18-7-3-1-4-8-18)25-19(27)9-12-21(20(24)28)10-5-2-6-11-21/h1,3-4,7-9H,2,5-6,10-16H2,(H2,24,28)(H,25,27). The molecule has 1 aliphatic heterocycles. The summed E-state index contributed by atoms with van der Waals surface area (Å²) in [6.07, 6.45) is 7.54. The summed E-state index contributed by atoms with van der Waals surface area (Å²) in [6, 6.07) is 12.4. The number of primary amides is 1. The van der Waals surface area contributed by atoms with Gasteiger partial charge in [0.25, 0.3) is 0 Å². The monoisotopic (exact) mass is 381 g/mol. The first-order chi connectivity index (χ1) is 13.5. The minimum absolute atomic E-state index is 0.277. The van der Waals surface area contributed by atoms with Crippen LogP contribution in [-0.2, 0) is 9.59 Å². The molecular formula is C22H29N4O2. The molecule has 1 saturated heterocycles. The summed E-state index contributed by atoms with van der Waals surface area (Å²) in [5, 5.41) is 12.6. The van der Waals surface area contributed by atoms with Gasteiger partial charge in [-0.05, 0) is 31.4 Å². The number of piperidine rings is 1. The topological polar surface area (TPSA) is 99.2 Å². The molecule has 2 aliphatic rings. The number of anilines is 1. The van der Waals surface area contributed by atoms with Gasteiger partial charge in [-0.2, -0.15) is 5.26 Å². The number of carbonyl (C=O) groups excluding carboxylic acids is 2. The number of benzene rings is 1. The lowest BCUT2D eigenvalue weighted by molar-refractivity contribution is -0.130. The van der Waals surface area contributed by atoms with Crippen LogP contribution in [0.15, 0.2) is 30.3 Å². The van der Waals surface area contributed by atoms with Gasteiger partial charge in [0.1, 0.15) is 5.54 Å². The molecule has 6 heteroatoms. The van der Waals surface area contributed by atoms with E-state index in [0.29, 0.717) is 32.4 Å². The van der Waals surface area contributed by atoms with Crippen molar-refractivity contribution in [1.82, 2.24) is 5.32 Å². The van der Waals surface area contributed by atoms with Gasteiger partial charge >= 0.3 is 0 Å². The number of nitrogens with two attached hydrogens (primary N) is 1. The normalized spacial score (nSPS) is 20.8. The molecule has 28 heavy (non-hydrogen) atoms. The highest BCUT2D eigenvalue weighted by molar-refractivity contribution is 5.88. The first-order valence-corrected chi connectivity index (χ1v) is 10.2. The van der Waals surface area contributed by atoms with Gasteiger partial charge in [0, 0.05) is 37.0 Å². The molecule has 1 radical (unpaired) electrons. The molecule has 1 aromatic carbocycles. The molecule has 3 rings (SSSR count). The summed E-state index contributed by atoms with van der Waals surface area (Å²) >= 11 is 0. The molecule has 0 aromatic heterocycles. The minimum Gasteiger partial charge on any atom is -0.371 e. The number of rotatable bonds is 6. The molecule has 1 saturated carbocycles. The number of para-hydroxylation sites is 1. The molecule has 6 nitrogen and oxygen atoms in total. The number of hydrogen-bond acceptors (Lipinski definition) is 4. The van der Waals surface area contributed by atoms with Crippen molar-refractivity contribution < 1.29 is 9.59 Å². The van der Waals surface area contributed by atoms with Gasteiger partial charge in [-0.25, -0.2) is 0 Å². The van der Waals surface area contributed by atoms with Crippen LogP contribution < -0.4 is 16.0 Å². The Morgan fingerprint density at radius 2 is 1.75 bits per heavy atom. The average molecular weight is 382 g/mol. The third kappa shape index (κ3) is 4.46. The molecule has 149 valence electrons. The van der Waals surface area contributed by atoms with Gasteiger partial charge < -0.3 is 16.0 Å². The summed E-state index contributed by atoms with van der Waals surface area (Å²) < 4.78 is 0. The molecule has 1 aromatic rings. The van der Waals surface area contributed by atoms with E-state index in [0.717, 1.165) is 37.8 Å². The van der Waals surface area contributed by atoms with Gasteiger partial charge in [-0.3, -0.25) is 9.59 Å². The van der Waals surface area contributed by atoms with E-state index in [4.69, 9.17) is 5.73 Å². The van der Waals surface area contributed by atoms with E-state index >= 15 is 0 Å². The zero-order chi connectivity index (χ0) is 20.0. The average Bonchev–Trinajstić information content (AvgIpc) is 2.74. The fourth-order valence-corrected chi connectivity index (χ4v) is 4.40. The van der Waals surface area contributed by atoms with Crippen molar-refractivity contribution in [3.63, 3.8) is 0 Å². The van der Waals surface area contributed by atoms with Gasteiger partial charge in [0.2, 0.25) is 11.8 Å². The molecular weight excluding hydrogens is 352 g/mol. The predicted octanol–water partition coefficient (Wildman–Crippen LogP) is 2.70. The van der Waals surface area contributed by atoms with Crippen molar-refractivity contribution in [2.75, 3.05) is 18.0 Å². The lowest BCUT2D eigenvalue weighted by atomic mass is 9.70. The molecule has 2 amide bonds.